The topological polar surface area (TPSA) is 55.9 Å². The van der Waals surface area contributed by atoms with Crippen molar-refractivity contribution < 1.29 is 0 Å². The van der Waals surface area contributed by atoms with E-state index in [1.165, 1.54) is 32.1 Å². The van der Waals surface area contributed by atoms with Crippen LogP contribution in [0.3, 0.4) is 0 Å². The Morgan fingerprint density at radius 3 is 2.59 bits per heavy atom. The number of nitrogens with two attached hydrogens (primary N) is 1. The van der Waals surface area contributed by atoms with E-state index < -0.39 is 0 Å². The predicted octanol–water partition coefficient (Wildman–Crippen LogP) is 2.93. The predicted molar refractivity (Wildman–Crippen MR) is 72.2 cm³/mol. The van der Waals surface area contributed by atoms with Crippen LogP contribution in [0.15, 0.2) is 0 Å². The van der Waals surface area contributed by atoms with Gasteiger partial charge in [-0.1, -0.05) is 19.3 Å². The highest BCUT2D eigenvalue weighted by Crippen LogP contribution is 2.33. The SMILES string of the molecule is CCn1nc(C)c(N)c1NC1(C)CCCCC1. The molecule has 4 heteroatoms. The second-order valence-electron chi connectivity index (χ2n) is 5.41. The van der Waals surface area contributed by atoms with Crippen LogP contribution in [0.25, 0.3) is 0 Å². The maximum atomic E-state index is 6.11. The summed E-state index contributed by atoms with van der Waals surface area (Å²) in [5.41, 5.74) is 8.02. The van der Waals surface area contributed by atoms with Crippen molar-refractivity contribution in [3.8, 4) is 0 Å². The van der Waals surface area contributed by atoms with Gasteiger partial charge in [0.25, 0.3) is 0 Å². The van der Waals surface area contributed by atoms with Crippen molar-refractivity contribution in [3.63, 3.8) is 0 Å². The minimum Gasteiger partial charge on any atom is -0.394 e. The van der Waals surface area contributed by atoms with E-state index in [1.54, 1.807) is 0 Å². The molecule has 0 saturated heterocycles. The zero-order chi connectivity index (χ0) is 12.5. The van der Waals surface area contributed by atoms with Crippen LogP contribution in [0.2, 0.25) is 0 Å². The lowest BCUT2D eigenvalue weighted by molar-refractivity contribution is 0.347. The molecule has 2 rings (SSSR count). The number of aryl methyl sites for hydroxylation is 2. The van der Waals surface area contributed by atoms with Crippen molar-refractivity contribution in [2.75, 3.05) is 11.1 Å². The molecule has 0 aromatic carbocycles. The van der Waals surface area contributed by atoms with E-state index in [1.807, 2.05) is 11.6 Å². The molecule has 0 bridgehead atoms. The Morgan fingerprint density at radius 2 is 2.00 bits per heavy atom. The molecule has 3 N–H and O–H groups in total. The summed E-state index contributed by atoms with van der Waals surface area (Å²) >= 11 is 0. The van der Waals surface area contributed by atoms with Crippen molar-refractivity contribution in [3.05, 3.63) is 5.69 Å². The Hall–Kier alpha value is -1.19. The van der Waals surface area contributed by atoms with Crippen LogP contribution in [0.1, 0.15) is 51.6 Å². The standard InChI is InChI=1S/C13H24N4/c1-4-17-12(11(14)10(2)16-17)15-13(3)8-6-5-7-9-13/h15H,4-9,14H2,1-3H3. The van der Waals surface area contributed by atoms with Gasteiger partial charge in [0.1, 0.15) is 5.82 Å². The largest absolute Gasteiger partial charge is 0.394 e. The molecule has 0 radical (unpaired) electrons. The molecule has 1 saturated carbocycles. The lowest BCUT2D eigenvalue weighted by atomic mass is 9.83. The van der Waals surface area contributed by atoms with Gasteiger partial charge in [0.15, 0.2) is 0 Å². The fourth-order valence-electron chi connectivity index (χ4n) is 2.70. The highest BCUT2D eigenvalue weighted by atomic mass is 15.3. The van der Waals surface area contributed by atoms with E-state index in [9.17, 15) is 0 Å². The fraction of sp³-hybridized carbons (Fsp3) is 0.769. The van der Waals surface area contributed by atoms with Gasteiger partial charge in [0.2, 0.25) is 0 Å². The van der Waals surface area contributed by atoms with Crippen LogP contribution in [-0.4, -0.2) is 15.3 Å². The van der Waals surface area contributed by atoms with Gasteiger partial charge >= 0.3 is 0 Å². The first-order valence-corrected chi connectivity index (χ1v) is 6.67. The molecule has 0 atom stereocenters. The van der Waals surface area contributed by atoms with Gasteiger partial charge in [-0.25, -0.2) is 4.68 Å². The molecule has 1 aliphatic rings. The lowest BCUT2D eigenvalue weighted by Gasteiger charge is -2.35. The summed E-state index contributed by atoms with van der Waals surface area (Å²) in [7, 11) is 0. The Labute approximate surface area is 104 Å². The Kier molecular flexibility index (Phi) is 3.31. The third-order valence-corrected chi connectivity index (χ3v) is 3.85. The van der Waals surface area contributed by atoms with Crippen LogP contribution in [-0.2, 0) is 6.54 Å². The molecule has 4 nitrogen and oxygen atoms in total. The van der Waals surface area contributed by atoms with E-state index in [4.69, 9.17) is 5.73 Å². The van der Waals surface area contributed by atoms with E-state index >= 15 is 0 Å². The number of hydrogen-bond acceptors (Lipinski definition) is 3. The first-order valence-electron chi connectivity index (χ1n) is 6.67. The van der Waals surface area contributed by atoms with Gasteiger partial charge in [-0.15, -0.1) is 0 Å². The minimum absolute atomic E-state index is 0.186. The fourth-order valence-corrected chi connectivity index (χ4v) is 2.70. The van der Waals surface area contributed by atoms with Crippen LogP contribution in [0, 0.1) is 6.92 Å². The van der Waals surface area contributed by atoms with Gasteiger partial charge < -0.3 is 11.1 Å². The maximum absolute atomic E-state index is 6.11. The molecule has 1 aromatic rings. The van der Waals surface area contributed by atoms with Crippen LogP contribution in [0.4, 0.5) is 11.5 Å². The monoisotopic (exact) mass is 236 g/mol. The van der Waals surface area contributed by atoms with Crippen molar-refractivity contribution in [2.24, 2.45) is 0 Å². The molecule has 1 aliphatic carbocycles. The van der Waals surface area contributed by atoms with E-state index in [2.05, 4.69) is 24.3 Å². The zero-order valence-corrected chi connectivity index (χ0v) is 11.2. The summed E-state index contributed by atoms with van der Waals surface area (Å²) in [6, 6.07) is 0. The highest BCUT2D eigenvalue weighted by Gasteiger charge is 2.28. The zero-order valence-electron chi connectivity index (χ0n) is 11.2. The van der Waals surface area contributed by atoms with E-state index in [-0.39, 0.29) is 5.54 Å². The number of nitrogens with zero attached hydrogens (tertiary/aromatic N) is 2. The van der Waals surface area contributed by atoms with Gasteiger partial charge in [0, 0.05) is 12.1 Å². The van der Waals surface area contributed by atoms with E-state index in [0.717, 1.165) is 23.7 Å². The molecule has 17 heavy (non-hydrogen) atoms. The number of rotatable bonds is 3. The molecule has 1 heterocycles. The second kappa shape index (κ2) is 4.59. The van der Waals surface area contributed by atoms with Gasteiger partial charge in [-0.2, -0.15) is 5.10 Å². The average molecular weight is 236 g/mol. The number of anilines is 2. The molecule has 0 aliphatic heterocycles. The number of nitrogen functional groups attached to an aromatic ring is 1. The normalized spacial score (nSPS) is 19.2. The van der Waals surface area contributed by atoms with Crippen molar-refractivity contribution in [1.82, 2.24) is 9.78 Å². The summed E-state index contributed by atoms with van der Waals surface area (Å²) in [5.74, 6) is 1.01. The first-order chi connectivity index (χ1) is 8.06. The van der Waals surface area contributed by atoms with Crippen molar-refractivity contribution in [1.29, 1.82) is 0 Å². The number of aromatic nitrogens is 2. The van der Waals surface area contributed by atoms with Gasteiger partial charge in [-0.05, 0) is 33.6 Å². The third kappa shape index (κ3) is 2.40. The second-order valence-corrected chi connectivity index (χ2v) is 5.41. The molecular formula is C13H24N4. The lowest BCUT2D eigenvalue weighted by Crippen LogP contribution is -2.37. The molecule has 0 amide bonds. The molecule has 0 spiro atoms. The van der Waals surface area contributed by atoms with E-state index in [0.29, 0.717) is 0 Å². The summed E-state index contributed by atoms with van der Waals surface area (Å²) in [6.45, 7) is 7.22. The summed E-state index contributed by atoms with van der Waals surface area (Å²) in [4.78, 5) is 0. The maximum Gasteiger partial charge on any atom is 0.148 e. The highest BCUT2D eigenvalue weighted by molar-refractivity contribution is 5.65. The molecular weight excluding hydrogens is 212 g/mol. The van der Waals surface area contributed by atoms with Crippen molar-refractivity contribution >= 4 is 11.5 Å². The minimum atomic E-state index is 0.186. The number of nitrogens with one attached hydrogen (secondary N) is 1. The molecule has 96 valence electrons. The molecule has 1 aromatic heterocycles. The number of hydrogen-bond donors (Lipinski definition) is 2. The molecule has 1 fully saturated rings. The quantitative estimate of drug-likeness (QED) is 0.848. The smallest absolute Gasteiger partial charge is 0.148 e. The Bertz CT molecular complexity index is 388. The summed E-state index contributed by atoms with van der Waals surface area (Å²) < 4.78 is 1.98. The van der Waals surface area contributed by atoms with Gasteiger partial charge in [-0.3, -0.25) is 0 Å². The van der Waals surface area contributed by atoms with Crippen LogP contribution in [0.5, 0.6) is 0 Å². The Morgan fingerprint density at radius 1 is 1.35 bits per heavy atom. The van der Waals surface area contributed by atoms with Crippen molar-refractivity contribution in [2.45, 2.75) is 65.0 Å². The van der Waals surface area contributed by atoms with Gasteiger partial charge in [0.05, 0.1) is 11.4 Å². The summed E-state index contributed by atoms with van der Waals surface area (Å²) in [5, 5.41) is 8.10. The molecule has 0 unspecified atom stereocenters. The average Bonchev–Trinajstić information content (AvgIpc) is 2.57. The first kappa shape index (κ1) is 12.3. The third-order valence-electron chi connectivity index (χ3n) is 3.85. The summed E-state index contributed by atoms with van der Waals surface area (Å²) in [6.07, 6.45) is 6.42. The Balaban J connectivity index is 2.22. The van der Waals surface area contributed by atoms with Crippen LogP contribution >= 0.6 is 0 Å². The van der Waals surface area contributed by atoms with Crippen LogP contribution < -0.4 is 11.1 Å².